The number of esters is 2. The van der Waals surface area contributed by atoms with E-state index in [4.69, 9.17) is 4.74 Å². The van der Waals surface area contributed by atoms with Crippen LogP contribution in [-0.2, 0) is 9.53 Å². The van der Waals surface area contributed by atoms with Gasteiger partial charge in [0.05, 0.1) is 22.9 Å². The van der Waals surface area contributed by atoms with Crippen molar-refractivity contribution in [1.82, 2.24) is 5.01 Å². The number of hydrazone groups is 1. The van der Waals surface area contributed by atoms with E-state index in [0.717, 1.165) is 22.2 Å². The molecule has 0 aromatic heterocycles. The van der Waals surface area contributed by atoms with Gasteiger partial charge in [0.15, 0.2) is 0 Å². The van der Waals surface area contributed by atoms with E-state index in [1.54, 1.807) is 18.2 Å². The number of carbonyl (C=O) groups is 3. The Bertz CT molecular complexity index is 1210. The zero-order valence-electron chi connectivity index (χ0n) is 15.6. The summed E-state index contributed by atoms with van der Waals surface area (Å²) >= 11 is 0. The van der Waals surface area contributed by atoms with E-state index in [2.05, 4.69) is 5.10 Å². The maximum absolute atomic E-state index is 12.2. The molecule has 0 saturated heterocycles. The summed E-state index contributed by atoms with van der Waals surface area (Å²) in [6.07, 6.45) is 0.542. The lowest BCUT2D eigenvalue weighted by Crippen LogP contribution is -2.24. The molecule has 1 atom stereocenters. The van der Waals surface area contributed by atoms with Gasteiger partial charge in [-0.1, -0.05) is 48.5 Å². The van der Waals surface area contributed by atoms with E-state index >= 15 is 0 Å². The number of hydrogen-bond donors (Lipinski definition) is 0. The van der Waals surface area contributed by atoms with Crippen LogP contribution in [0.1, 0.15) is 51.2 Å². The van der Waals surface area contributed by atoms with Gasteiger partial charge in [-0.05, 0) is 23.1 Å². The highest BCUT2D eigenvalue weighted by atomic mass is 16.6. The van der Waals surface area contributed by atoms with E-state index in [-0.39, 0.29) is 11.9 Å². The lowest BCUT2D eigenvalue weighted by atomic mass is 9.90. The fraction of sp³-hybridized carbons (Fsp3) is 0.130. The Morgan fingerprint density at radius 1 is 0.931 bits per heavy atom. The standard InChI is InChI=1S/C23H16N2O4/c1-13(26)25-20(14-6-3-2-4-7-14)12-19(24-25)15-10-11-18-21-16(15)8-5-9-17(21)22(27)29-23(18)28/h2-11,20H,12H2,1H3/t20-/m0/s1. The largest absolute Gasteiger partial charge is 0.386 e. The lowest BCUT2D eigenvalue weighted by Gasteiger charge is -2.20. The summed E-state index contributed by atoms with van der Waals surface area (Å²) in [4.78, 5) is 36.6. The summed E-state index contributed by atoms with van der Waals surface area (Å²) in [7, 11) is 0. The molecule has 2 heterocycles. The second kappa shape index (κ2) is 6.38. The molecule has 0 aliphatic carbocycles. The second-order valence-electron chi connectivity index (χ2n) is 7.11. The molecule has 0 spiro atoms. The number of benzene rings is 3. The summed E-state index contributed by atoms with van der Waals surface area (Å²) in [6.45, 7) is 1.49. The molecule has 6 heteroatoms. The van der Waals surface area contributed by atoms with Gasteiger partial charge < -0.3 is 4.74 Å². The molecule has 5 rings (SSSR count). The number of rotatable bonds is 2. The first-order valence-electron chi connectivity index (χ1n) is 9.29. The van der Waals surface area contributed by atoms with Crippen molar-refractivity contribution < 1.29 is 19.1 Å². The zero-order chi connectivity index (χ0) is 20.1. The summed E-state index contributed by atoms with van der Waals surface area (Å²) in [5.41, 5.74) is 3.27. The number of ether oxygens (including phenoxy) is 1. The minimum Gasteiger partial charge on any atom is -0.386 e. The summed E-state index contributed by atoms with van der Waals surface area (Å²) in [5.74, 6) is -1.44. The van der Waals surface area contributed by atoms with Gasteiger partial charge in [-0.25, -0.2) is 14.6 Å². The smallest absolute Gasteiger partial charge is 0.346 e. The van der Waals surface area contributed by atoms with Crippen LogP contribution in [0.15, 0.2) is 65.8 Å². The fourth-order valence-corrected chi connectivity index (χ4v) is 4.09. The topological polar surface area (TPSA) is 76.0 Å². The van der Waals surface area contributed by atoms with Crippen LogP contribution >= 0.6 is 0 Å². The van der Waals surface area contributed by atoms with E-state index in [1.165, 1.54) is 11.9 Å². The van der Waals surface area contributed by atoms with Crippen LogP contribution in [0.25, 0.3) is 10.8 Å². The molecule has 0 fully saturated rings. The summed E-state index contributed by atoms with van der Waals surface area (Å²) in [6, 6.07) is 18.3. The predicted molar refractivity (Wildman–Crippen MR) is 107 cm³/mol. The van der Waals surface area contributed by atoms with Gasteiger partial charge in [0.2, 0.25) is 5.91 Å². The number of carbonyl (C=O) groups excluding carboxylic acids is 3. The molecule has 1 amide bonds. The lowest BCUT2D eigenvalue weighted by molar-refractivity contribution is -0.130. The average molecular weight is 384 g/mol. The molecule has 2 aliphatic rings. The van der Waals surface area contributed by atoms with Crippen molar-refractivity contribution in [1.29, 1.82) is 0 Å². The third-order valence-corrected chi connectivity index (χ3v) is 5.39. The van der Waals surface area contributed by atoms with Crippen LogP contribution in [0, 0.1) is 0 Å². The molecule has 0 bridgehead atoms. The minimum atomic E-state index is -0.647. The number of nitrogens with zero attached hydrogens (tertiary/aromatic N) is 2. The molecular weight excluding hydrogens is 368 g/mol. The maximum atomic E-state index is 12.2. The molecular formula is C23H16N2O4. The Morgan fingerprint density at radius 2 is 1.62 bits per heavy atom. The van der Waals surface area contributed by atoms with E-state index in [0.29, 0.717) is 22.9 Å². The first-order valence-corrected chi connectivity index (χ1v) is 9.29. The molecule has 3 aromatic rings. The van der Waals surface area contributed by atoms with E-state index in [9.17, 15) is 14.4 Å². The van der Waals surface area contributed by atoms with Crippen LogP contribution in [-0.4, -0.2) is 28.6 Å². The Hall–Kier alpha value is -3.80. The molecule has 2 aliphatic heterocycles. The van der Waals surface area contributed by atoms with Crippen LogP contribution in [0.2, 0.25) is 0 Å². The Balaban J connectivity index is 1.67. The van der Waals surface area contributed by atoms with Crippen molar-refractivity contribution >= 4 is 34.3 Å². The highest BCUT2D eigenvalue weighted by Gasteiger charge is 2.33. The Morgan fingerprint density at radius 3 is 2.34 bits per heavy atom. The highest BCUT2D eigenvalue weighted by Crippen LogP contribution is 2.37. The predicted octanol–water partition coefficient (Wildman–Crippen LogP) is 3.85. The third kappa shape index (κ3) is 2.64. The molecule has 0 saturated carbocycles. The third-order valence-electron chi connectivity index (χ3n) is 5.39. The van der Waals surface area contributed by atoms with Crippen molar-refractivity contribution in [3.8, 4) is 0 Å². The monoisotopic (exact) mass is 384 g/mol. The van der Waals surface area contributed by atoms with Gasteiger partial charge in [-0.3, -0.25) is 4.79 Å². The van der Waals surface area contributed by atoms with Crippen molar-refractivity contribution in [3.05, 3.63) is 82.9 Å². The van der Waals surface area contributed by atoms with Gasteiger partial charge in [0.1, 0.15) is 0 Å². The summed E-state index contributed by atoms with van der Waals surface area (Å²) in [5, 5.41) is 7.43. The fourth-order valence-electron chi connectivity index (χ4n) is 4.09. The van der Waals surface area contributed by atoms with Gasteiger partial charge in [-0.15, -0.1) is 0 Å². The number of hydrogen-bond acceptors (Lipinski definition) is 5. The molecule has 29 heavy (non-hydrogen) atoms. The first-order chi connectivity index (χ1) is 14.0. The van der Waals surface area contributed by atoms with Gasteiger partial charge in [-0.2, -0.15) is 5.10 Å². The quantitative estimate of drug-likeness (QED) is 0.497. The molecule has 0 N–H and O–H groups in total. The van der Waals surface area contributed by atoms with Crippen molar-refractivity contribution in [2.45, 2.75) is 19.4 Å². The van der Waals surface area contributed by atoms with Crippen molar-refractivity contribution in [3.63, 3.8) is 0 Å². The zero-order valence-corrected chi connectivity index (χ0v) is 15.6. The van der Waals surface area contributed by atoms with Crippen LogP contribution in [0.4, 0.5) is 0 Å². The molecule has 0 unspecified atom stereocenters. The average Bonchev–Trinajstić information content (AvgIpc) is 3.18. The number of amides is 1. The second-order valence-corrected chi connectivity index (χ2v) is 7.11. The first kappa shape index (κ1) is 17.3. The highest BCUT2D eigenvalue weighted by molar-refractivity contribution is 6.24. The molecule has 6 nitrogen and oxygen atoms in total. The van der Waals surface area contributed by atoms with Crippen molar-refractivity contribution in [2.75, 3.05) is 0 Å². The van der Waals surface area contributed by atoms with Gasteiger partial charge >= 0.3 is 11.9 Å². The minimum absolute atomic E-state index is 0.143. The molecule has 3 aromatic carbocycles. The van der Waals surface area contributed by atoms with E-state index < -0.39 is 11.9 Å². The SMILES string of the molecule is CC(=O)N1N=C(c2ccc3c4c(cccc24)C(=O)OC3=O)C[C@H]1c1ccccc1. The molecule has 142 valence electrons. The molecule has 0 radical (unpaired) electrons. The van der Waals surface area contributed by atoms with Crippen LogP contribution in [0.5, 0.6) is 0 Å². The maximum Gasteiger partial charge on any atom is 0.346 e. The Labute approximate surface area is 166 Å². The van der Waals surface area contributed by atoms with Crippen molar-refractivity contribution in [2.24, 2.45) is 5.10 Å². The Kier molecular flexibility index (Phi) is 3.81. The van der Waals surface area contributed by atoms with Crippen LogP contribution < -0.4 is 0 Å². The number of cyclic esters (lactones) is 2. The summed E-state index contributed by atoms with van der Waals surface area (Å²) < 4.78 is 4.83. The van der Waals surface area contributed by atoms with E-state index in [1.807, 2.05) is 42.5 Å². The normalized spacial score (nSPS) is 18.0. The van der Waals surface area contributed by atoms with Crippen LogP contribution in [0.3, 0.4) is 0 Å². The van der Waals surface area contributed by atoms with Gasteiger partial charge in [0.25, 0.3) is 0 Å². The van der Waals surface area contributed by atoms with Gasteiger partial charge in [0, 0.05) is 24.3 Å².